The van der Waals surface area contributed by atoms with Crippen molar-refractivity contribution in [2.75, 3.05) is 20.3 Å². The molecule has 0 aliphatic heterocycles. The lowest BCUT2D eigenvalue weighted by Gasteiger charge is -2.30. The zero-order valence-electron chi connectivity index (χ0n) is 10.9. The maximum absolute atomic E-state index is 5.90. The number of nitrogens with two attached hydrogens (primary N) is 1. The first-order valence-corrected chi connectivity index (χ1v) is 5.78. The van der Waals surface area contributed by atoms with Gasteiger partial charge in [-0.05, 0) is 46.6 Å². The SMILES string of the molecule is CCC(C)(CCN)OCCC(C)(C)OC. The van der Waals surface area contributed by atoms with E-state index in [1.165, 1.54) is 0 Å². The molecule has 0 rings (SSSR count). The fraction of sp³-hybridized carbons (Fsp3) is 1.00. The highest BCUT2D eigenvalue weighted by Gasteiger charge is 2.23. The molecule has 0 aliphatic carbocycles. The maximum Gasteiger partial charge on any atom is 0.0664 e. The van der Waals surface area contributed by atoms with Crippen molar-refractivity contribution in [3.8, 4) is 0 Å². The zero-order chi connectivity index (χ0) is 11.9. The lowest BCUT2D eigenvalue weighted by molar-refractivity contribution is -0.0704. The van der Waals surface area contributed by atoms with Crippen LogP contribution in [0.3, 0.4) is 0 Å². The fourth-order valence-electron chi connectivity index (χ4n) is 1.30. The summed E-state index contributed by atoms with van der Waals surface area (Å²) in [6.07, 6.45) is 2.82. The molecule has 3 heteroatoms. The van der Waals surface area contributed by atoms with E-state index in [1.54, 1.807) is 7.11 Å². The third kappa shape index (κ3) is 6.13. The third-order valence-electron chi connectivity index (χ3n) is 3.13. The van der Waals surface area contributed by atoms with E-state index < -0.39 is 0 Å². The van der Waals surface area contributed by atoms with Crippen molar-refractivity contribution in [1.29, 1.82) is 0 Å². The van der Waals surface area contributed by atoms with Crippen molar-refractivity contribution in [3.63, 3.8) is 0 Å². The van der Waals surface area contributed by atoms with Gasteiger partial charge in [-0.3, -0.25) is 0 Å². The average Bonchev–Trinajstić information content (AvgIpc) is 2.18. The first-order chi connectivity index (χ1) is 6.89. The molecular formula is C12H27NO2. The van der Waals surface area contributed by atoms with Crippen LogP contribution in [0.25, 0.3) is 0 Å². The molecule has 0 bridgehead atoms. The summed E-state index contributed by atoms with van der Waals surface area (Å²) in [6.45, 7) is 9.81. The maximum atomic E-state index is 5.90. The van der Waals surface area contributed by atoms with Crippen molar-refractivity contribution < 1.29 is 9.47 Å². The van der Waals surface area contributed by atoms with Gasteiger partial charge in [-0.1, -0.05) is 6.92 Å². The first-order valence-electron chi connectivity index (χ1n) is 5.78. The van der Waals surface area contributed by atoms with Gasteiger partial charge in [0.15, 0.2) is 0 Å². The van der Waals surface area contributed by atoms with Crippen LogP contribution in [0, 0.1) is 0 Å². The number of hydrogen-bond donors (Lipinski definition) is 1. The number of hydrogen-bond acceptors (Lipinski definition) is 3. The molecule has 92 valence electrons. The Bertz CT molecular complexity index is 171. The summed E-state index contributed by atoms with van der Waals surface area (Å²) in [5, 5.41) is 0. The van der Waals surface area contributed by atoms with E-state index in [1.807, 2.05) is 0 Å². The van der Waals surface area contributed by atoms with Gasteiger partial charge in [-0.2, -0.15) is 0 Å². The molecule has 0 radical (unpaired) electrons. The predicted molar refractivity (Wildman–Crippen MR) is 64.0 cm³/mol. The Kier molecular flexibility index (Phi) is 6.41. The van der Waals surface area contributed by atoms with Gasteiger partial charge in [0.2, 0.25) is 0 Å². The van der Waals surface area contributed by atoms with Gasteiger partial charge in [0.25, 0.3) is 0 Å². The molecule has 0 fully saturated rings. The molecule has 0 aromatic rings. The van der Waals surface area contributed by atoms with Crippen LogP contribution in [-0.4, -0.2) is 31.5 Å². The third-order valence-corrected chi connectivity index (χ3v) is 3.13. The van der Waals surface area contributed by atoms with E-state index in [0.29, 0.717) is 6.54 Å². The summed E-state index contributed by atoms with van der Waals surface area (Å²) >= 11 is 0. The van der Waals surface area contributed by atoms with Crippen LogP contribution in [0.4, 0.5) is 0 Å². The van der Waals surface area contributed by atoms with Crippen LogP contribution in [0.2, 0.25) is 0 Å². The second-order valence-corrected chi connectivity index (χ2v) is 4.90. The fourth-order valence-corrected chi connectivity index (χ4v) is 1.30. The first kappa shape index (κ1) is 14.9. The molecule has 3 nitrogen and oxygen atoms in total. The lowest BCUT2D eigenvalue weighted by atomic mass is 9.98. The van der Waals surface area contributed by atoms with Gasteiger partial charge in [-0.15, -0.1) is 0 Å². The minimum Gasteiger partial charge on any atom is -0.379 e. The standard InChI is InChI=1S/C12H27NO2/c1-6-12(4,7-9-13)15-10-8-11(2,3)14-5/h6-10,13H2,1-5H3. The van der Waals surface area contributed by atoms with E-state index in [4.69, 9.17) is 15.2 Å². The van der Waals surface area contributed by atoms with E-state index in [-0.39, 0.29) is 11.2 Å². The van der Waals surface area contributed by atoms with Gasteiger partial charge in [0, 0.05) is 7.11 Å². The molecule has 1 atom stereocenters. The predicted octanol–water partition coefficient (Wildman–Crippen LogP) is 2.34. The van der Waals surface area contributed by atoms with Gasteiger partial charge < -0.3 is 15.2 Å². The van der Waals surface area contributed by atoms with Crippen molar-refractivity contribution in [2.45, 2.75) is 58.2 Å². The van der Waals surface area contributed by atoms with Crippen molar-refractivity contribution in [1.82, 2.24) is 0 Å². The molecule has 0 spiro atoms. The highest BCUT2D eigenvalue weighted by molar-refractivity contribution is 4.75. The van der Waals surface area contributed by atoms with Gasteiger partial charge in [0.05, 0.1) is 17.8 Å². The Morgan fingerprint density at radius 1 is 1.13 bits per heavy atom. The topological polar surface area (TPSA) is 44.5 Å². The number of ether oxygens (including phenoxy) is 2. The Balaban J connectivity index is 3.91. The molecule has 0 saturated heterocycles. The highest BCUT2D eigenvalue weighted by Crippen LogP contribution is 2.21. The van der Waals surface area contributed by atoms with Crippen LogP contribution in [0.1, 0.15) is 47.0 Å². The summed E-state index contributed by atoms with van der Waals surface area (Å²) in [7, 11) is 1.74. The Morgan fingerprint density at radius 3 is 2.13 bits per heavy atom. The zero-order valence-corrected chi connectivity index (χ0v) is 10.9. The van der Waals surface area contributed by atoms with Gasteiger partial charge in [0.1, 0.15) is 0 Å². The molecule has 0 aromatic carbocycles. The van der Waals surface area contributed by atoms with Crippen molar-refractivity contribution in [3.05, 3.63) is 0 Å². The lowest BCUT2D eigenvalue weighted by Crippen LogP contribution is -2.33. The molecule has 2 N–H and O–H groups in total. The molecule has 0 saturated carbocycles. The second kappa shape index (κ2) is 6.46. The molecule has 0 aliphatic rings. The molecular weight excluding hydrogens is 190 g/mol. The second-order valence-electron chi connectivity index (χ2n) is 4.90. The van der Waals surface area contributed by atoms with Crippen molar-refractivity contribution >= 4 is 0 Å². The molecule has 0 heterocycles. The van der Waals surface area contributed by atoms with Crippen LogP contribution in [-0.2, 0) is 9.47 Å². The van der Waals surface area contributed by atoms with Crippen molar-refractivity contribution in [2.24, 2.45) is 5.73 Å². The summed E-state index contributed by atoms with van der Waals surface area (Å²) < 4.78 is 11.2. The molecule has 15 heavy (non-hydrogen) atoms. The van der Waals surface area contributed by atoms with E-state index in [9.17, 15) is 0 Å². The summed E-state index contributed by atoms with van der Waals surface area (Å²) in [4.78, 5) is 0. The van der Waals surface area contributed by atoms with Gasteiger partial charge in [-0.25, -0.2) is 0 Å². The summed E-state index contributed by atoms with van der Waals surface area (Å²) in [6, 6.07) is 0. The highest BCUT2D eigenvalue weighted by atomic mass is 16.5. The van der Waals surface area contributed by atoms with E-state index in [2.05, 4.69) is 27.7 Å². The normalized spacial score (nSPS) is 16.4. The molecule has 0 amide bonds. The van der Waals surface area contributed by atoms with E-state index in [0.717, 1.165) is 25.9 Å². The largest absolute Gasteiger partial charge is 0.379 e. The molecule has 1 unspecified atom stereocenters. The minimum atomic E-state index is -0.0998. The Labute approximate surface area is 94.3 Å². The number of rotatable bonds is 8. The smallest absolute Gasteiger partial charge is 0.0664 e. The van der Waals surface area contributed by atoms with Crippen LogP contribution < -0.4 is 5.73 Å². The van der Waals surface area contributed by atoms with E-state index >= 15 is 0 Å². The Morgan fingerprint density at radius 2 is 1.73 bits per heavy atom. The number of methoxy groups -OCH3 is 1. The quantitative estimate of drug-likeness (QED) is 0.678. The van der Waals surface area contributed by atoms with Crippen LogP contribution in [0.5, 0.6) is 0 Å². The molecule has 0 aromatic heterocycles. The van der Waals surface area contributed by atoms with Crippen LogP contribution in [0.15, 0.2) is 0 Å². The van der Waals surface area contributed by atoms with Crippen LogP contribution >= 0.6 is 0 Å². The average molecular weight is 217 g/mol. The minimum absolute atomic E-state index is 0.0709. The summed E-state index contributed by atoms with van der Waals surface area (Å²) in [5.41, 5.74) is 5.40. The Hall–Kier alpha value is -0.120. The monoisotopic (exact) mass is 217 g/mol. The summed E-state index contributed by atoms with van der Waals surface area (Å²) in [5.74, 6) is 0. The van der Waals surface area contributed by atoms with Gasteiger partial charge >= 0.3 is 0 Å².